The van der Waals surface area contributed by atoms with Gasteiger partial charge in [0.1, 0.15) is 6.26 Å². The molecule has 0 bridgehead atoms. The zero-order chi connectivity index (χ0) is 11.5. The van der Waals surface area contributed by atoms with E-state index in [0.29, 0.717) is 5.82 Å². The fourth-order valence-corrected chi connectivity index (χ4v) is 1.31. The van der Waals surface area contributed by atoms with Crippen molar-refractivity contribution in [1.29, 1.82) is 0 Å². The van der Waals surface area contributed by atoms with E-state index in [1.54, 1.807) is 10.8 Å². The molecule has 15 heavy (non-hydrogen) atoms. The van der Waals surface area contributed by atoms with E-state index in [0.717, 1.165) is 12.1 Å². The standard InChI is InChI=1S/C12H18N2O/c1-6-11-13-9-10(12(4,5)7-2)14(11)15-8-3/h6,8-9H,1,3,7H2,2,4-5H3. The van der Waals surface area contributed by atoms with Gasteiger partial charge in [0.2, 0.25) is 0 Å². The molecule has 0 amide bonds. The third-order valence-electron chi connectivity index (χ3n) is 2.69. The Morgan fingerprint density at radius 1 is 1.53 bits per heavy atom. The van der Waals surface area contributed by atoms with Crippen molar-refractivity contribution in [3.05, 3.63) is 37.1 Å². The van der Waals surface area contributed by atoms with Gasteiger partial charge >= 0.3 is 0 Å². The van der Waals surface area contributed by atoms with E-state index in [1.165, 1.54) is 6.26 Å². The van der Waals surface area contributed by atoms with Crippen LogP contribution >= 0.6 is 0 Å². The SMILES string of the molecule is C=COn1c(C(C)(C)CC)cnc1C=C. The Labute approximate surface area is 91.0 Å². The molecule has 0 atom stereocenters. The summed E-state index contributed by atoms with van der Waals surface area (Å²) in [5.74, 6) is 0.700. The predicted octanol–water partition coefficient (Wildman–Crippen LogP) is 2.79. The molecule has 0 N–H and O–H groups in total. The van der Waals surface area contributed by atoms with Crippen LogP contribution in [0.15, 0.2) is 25.6 Å². The Morgan fingerprint density at radius 2 is 2.20 bits per heavy atom. The molecule has 1 rings (SSSR count). The lowest BCUT2D eigenvalue weighted by Crippen LogP contribution is -2.23. The van der Waals surface area contributed by atoms with Crippen LogP contribution in [-0.4, -0.2) is 9.71 Å². The van der Waals surface area contributed by atoms with Crippen molar-refractivity contribution in [1.82, 2.24) is 9.71 Å². The summed E-state index contributed by atoms with van der Waals surface area (Å²) in [5, 5.41) is 0. The molecule has 3 nitrogen and oxygen atoms in total. The van der Waals surface area contributed by atoms with Crippen LogP contribution in [0.2, 0.25) is 0 Å². The van der Waals surface area contributed by atoms with Crippen molar-refractivity contribution in [3.63, 3.8) is 0 Å². The van der Waals surface area contributed by atoms with Gasteiger partial charge in [0.05, 0.1) is 11.9 Å². The van der Waals surface area contributed by atoms with Crippen LogP contribution in [0, 0.1) is 0 Å². The van der Waals surface area contributed by atoms with Crippen LogP contribution in [0.5, 0.6) is 0 Å². The van der Waals surface area contributed by atoms with Gasteiger partial charge in [-0.15, -0.1) is 0 Å². The Hall–Kier alpha value is -1.51. The van der Waals surface area contributed by atoms with Gasteiger partial charge in [0, 0.05) is 5.41 Å². The third kappa shape index (κ3) is 2.12. The average molecular weight is 206 g/mol. The molecule has 0 aliphatic rings. The second-order valence-corrected chi connectivity index (χ2v) is 4.01. The highest BCUT2D eigenvalue weighted by Gasteiger charge is 2.24. The third-order valence-corrected chi connectivity index (χ3v) is 2.69. The highest BCUT2D eigenvalue weighted by Crippen LogP contribution is 2.27. The largest absolute Gasteiger partial charge is 0.382 e. The summed E-state index contributed by atoms with van der Waals surface area (Å²) >= 11 is 0. The van der Waals surface area contributed by atoms with Crippen molar-refractivity contribution >= 4 is 6.08 Å². The molecule has 0 fully saturated rings. The van der Waals surface area contributed by atoms with Crippen molar-refractivity contribution < 1.29 is 4.84 Å². The predicted molar refractivity (Wildman–Crippen MR) is 62.4 cm³/mol. The van der Waals surface area contributed by atoms with Gasteiger partial charge in [-0.3, -0.25) is 0 Å². The van der Waals surface area contributed by atoms with E-state index < -0.39 is 0 Å². The topological polar surface area (TPSA) is 27.1 Å². The van der Waals surface area contributed by atoms with Gasteiger partial charge in [-0.05, 0) is 12.5 Å². The summed E-state index contributed by atoms with van der Waals surface area (Å²) in [5.41, 5.74) is 1.05. The van der Waals surface area contributed by atoms with Gasteiger partial charge < -0.3 is 4.84 Å². The minimum atomic E-state index is 0.0251. The quantitative estimate of drug-likeness (QED) is 0.693. The minimum Gasteiger partial charge on any atom is -0.382 e. The minimum absolute atomic E-state index is 0.0251. The molecule has 0 aromatic carbocycles. The van der Waals surface area contributed by atoms with Gasteiger partial charge in [-0.25, -0.2) is 4.98 Å². The highest BCUT2D eigenvalue weighted by molar-refractivity contribution is 5.38. The maximum absolute atomic E-state index is 5.33. The first-order chi connectivity index (χ1) is 7.06. The second-order valence-electron chi connectivity index (χ2n) is 4.01. The monoisotopic (exact) mass is 206 g/mol. The molecule has 3 heteroatoms. The summed E-state index contributed by atoms with van der Waals surface area (Å²) < 4.78 is 1.67. The van der Waals surface area contributed by atoms with E-state index >= 15 is 0 Å². The molecule has 1 heterocycles. The Morgan fingerprint density at radius 3 is 2.67 bits per heavy atom. The first-order valence-electron chi connectivity index (χ1n) is 5.05. The average Bonchev–Trinajstić information content (AvgIpc) is 2.62. The molecule has 1 aromatic rings. The summed E-state index contributed by atoms with van der Waals surface area (Å²) in [6.07, 6.45) is 5.89. The van der Waals surface area contributed by atoms with Crippen LogP contribution < -0.4 is 4.84 Å². The molecular weight excluding hydrogens is 188 g/mol. The first-order valence-corrected chi connectivity index (χ1v) is 5.05. The molecule has 0 radical (unpaired) electrons. The molecular formula is C12H18N2O. The summed E-state index contributed by atoms with van der Waals surface area (Å²) in [4.78, 5) is 9.57. The molecule has 0 saturated heterocycles. The van der Waals surface area contributed by atoms with E-state index in [4.69, 9.17) is 4.84 Å². The lowest BCUT2D eigenvalue weighted by molar-refractivity contribution is 0.188. The van der Waals surface area contributed by atoms with E-state index in [-0.39, 0.29) is 5.41 Å². The van der Waals surface area contributed by atoms with Crippen LogP contribution in [0.25, 0.3) is 6.08 Å². The Bertz CT molecular complexity index is 364. The number of hydrogen-bond donors (Lipinski definition) is 0. The zero-order valence-corrected chi connectivity index (χ0v) is 9.66. The van der Waals surface area contributed by atoms with E-state index in [2.05, 4.69) is 38.9 Å². The van der Waals surface area contributed by atoms with Crippen molar-refractivity contribution in [3.8, 4) is 0 Å². The van der Waals surface area contributed by atoms with Gasteiger partial charge in [0.15, 0.2) is 5.82 Å². The molecule has 0 spiro atoms. The number of aromatic nitrogens is 2. The molecule has 0 unspecified atom stereocenters. The van der Waals surface area contributed by atoms with Crippen LogP contribution in [0.3, 0.4) is 0 Å². The van der Waals surface area contributed by atoms with Crippen molar-refractivity contribution in [2.75, 3.05) is 0 Å². The van der Waals surface area contributed by atoms with E-state index in [9.17, 15) is 0 Å². The molecule has 0 aliphatic carbocycles. The lowest BCUT2D eigenvalue weighted by atomic mass is 9.87. The van der Waals surface area contributed by atoms with Crippen molar-refractivity contribution in [2.45, 2.75) is 32.6 Å². The van der Waals surface area contributed by atoms with Crippen LogP contribution in [0.1, 0.15) is 38.7 Å². The van der Waals surface area contributed by atoms with Crippen molar-refractivity contribution in [2.24, 2.45) is 0 Å². The summed E-state index contributed by atoms with van der Waals surface area (Å²) in [6.45, 7) is 13.7. The molecule has 0 saturated carbocycles. The first kappa shape index (κ1) is 11.6. The fraction of sp³-hybridized carbons (Fsp3) is 0.417. The van der Waals surface area contributed by atoms with Gasteiger partial charge in [-0.1, -0.05) is 33.9 Å². The number of nitrogens with zero attached hydrogens (tertiary/aromatic N) is 2. The summed E-state index contributed by atoms with van der Waals surface area (Å²) in [6, 6.07) is 0. The van der Waals surface area contributed by atoms with Crippen LogP contribution in [0.4, 0.5) is 0 Å². The number of rotatable bonds is 5. The van der Waals surface area contributed by atoms with Crippen LogP contribution in [-0.2, 0) is 5.41 Å². The molecule has 82 valence electrons. The second kappa shape index (κ2) is 4.34. The fourth-order valence-electron chi connectivity index (χ4n) is 1.31. The van der Waals surface area contributed by atoms with Gasteiger partial charge in [0.25, 0.3) is 0 Å². The molecule has 1 aromatic heterocycles. The van der Waals surface area contributed by atoms with E-state index in [1.807, 2.05) is 6.20 Å². The number of imidazole rings is 1. The maximum Gasteiger partial charge on any atom is 0.168 e. The lowest BCUT2D eigenvalue weighted by Gasteiger charge is -2.23. The normalized spacial score (nSPS) is 11.1. The summed E-state index contributed by atoms with van der Waals surface area (Å²) in [7, 11) is 0. The Kier molecular flexibility index (Phi) is 3.35. The number of hydrogen-bond acceptors (Lipinski definition) is 2. The van der Waals surface area contributed by atoms with Gasteiger partial charge in [-0.2, -0.15) is 4.73 Å². The Balaban J connectivity index is 3.23. The highest BCUT2D eigenvalue weighted by atomic mass is 16.7. The molecule has 0 aliphatic heterocycles. The zero-order valence-electron chi connectivity index (χ0n) is 9.66. The smallest absolute Gasteiger partial charge is 0.168 e. The maximum atomic E-state index is 5.33.